The van der Waals surface area contributed by atoms with E-state index in [0.717, 1.165) is 6.08 Å². The van der Waals surface area contributed by atoms with Crippen LogP contribution in [0.1, 0.15) is 12.0 Å². The van der Waals surface area contributed by atoms with Gasteiger partial charge >= 0.3 is 6.18 Å². The lowest BCUT2D eigenvalue weighted by Crippen LogP contribution is -2.33. The fourth-order valence-electron chi connectivity index (χ4n) is 1.70. The van der Waals surface area contributed by atoms with Crippen molar-refractivity contribution in [3.05, 3.63) is 29.6 Å². The van der Waals surface area contributed by atoms with Crippen LogP contribution in [-0.4, -0.2) is 34.3 Å². The van der Waals surface area contributed by atoms with Crippen LogP contribution in [0.15, 0.2) is 24.0 Å². The van der Waals surface area contributed by atoms with Crippen molar-refractivity contribution in [1.29, 1.82) is 0 Å². The molecular weight excluding hydrogens is 247 g/mol. The Morgan fingerprint density at radius 2 is 1.94 bits per heavy atom. The quantitative estimate of drug-likeness (QED) is 0.821. The zero-order valence-corrected chi connectivity index (χ0v) is 9.48. The van der Waals surface area contributed by atoms with Crippen LogP contribution >= 0.6 is 0 Å². The fraction of sp³-hybridized carbons (Fsp3) is 0.455. The number of anilines is 1. The number of halogens is 3. The molecule has 0 aliphatic carbocycles. The lowest BCUT2D eigenvalue weighted by atomic mass is 10.1. The van der Waals surface area contributed by atoms with E-state index in [-0.39, 0.29) is 26.1 Å². The van der Waals surface area contributed by atoms with Crippen LogP contribution in [0.5, 0.6) is 0 Å². The lowest BCUT2D eigenvalue weighted by molar-refractivity contribution is -0.0944. The van der Waals surface area contributed by atoms with Crippen LogP contribution in [0.4, 0.5) is 19.1 Å². The van der Waals surface area contributed by atoms with Crippen molar-refractivity contribution >= 4 is 5.95 Å². The maximum Gasteiger partial charge on any atom is 0.412 e. The molecule has 0 bridgehead atoms. The van der Waals surface area contributed by atoms with Gasteiger partial charge in [0, 0.05) is 36.6 Å². The highest BCUT2D eigenvalue weighted by Gasteiger charge is 2.35. The number of alkyl halides is 3. The van der Waals surface area contributed by atoms with Crippen LogP contribution in [0.25, 0.3) is 0 Å². The molecule has 98 valence electrons. The zero-order valence-electron chi connectivity index (χ0n) is 9.48. The Balaban J connectivity index is 2.07. The molecule has 7 heteroatoms. The van der Waals surface area contributed by atoms with E-state index in [1.807, 2.05) is 0 Å². The molecule has 0 saturated carbocycles. The maximum atomic E-state index is 12.4. The molecule has 4 nitrogen and oxygen atoms in total. The summed E-state index contributed by atoms with van der Waals surface area (Å²) in [5.74, 6) is 0.379. The highest BCUT2D eigenvalue weighted by Crippen LogP contribution is 2.30. The third kappa shape index (κ3) is 2.79. The first-order chi connectivity index (χ1) is 8.50. The Morgan fingerprint density at radius 1 is 1.28 bits per heavy atom. The minimum absolute atomic E-state index is 0.0609. The van der Waals surface area contributed by atoms with Crippen molar-refractivity contribution in [1.82, 2.24) is 9.97 Å². The molecule has 1 N–H and O–H groups in total. The standard InChI is InChI=1S/C11H12F3N3O/c12-11(13,14)9-1-3-17(4-2-9)10-15-5-8(7-18)6-16-10/h1,5-6,18H,2-4,7H2. The molecule has 0 amide bonds. The van der Waals surface area contributed by atoms with Crippen molar-refractivity contribution in [3.63, 3.8) is 0 Å². The molecule has 0 atom stereocenters. The van der Waals surface area contributed by atoms with E-state index in [1.54, 1.807) is 4.90 Å². The first kappa shape index (κ1) is 12.8. The van der Waals surface area contributed by atoms with Gasteiger partial charge in [-0.2, -0.15) is 13.2 Å². The van der Waals surface area contributed by atoms with Crippen LogP contribution in [0.2, 0.25) is 0 Å². The van der Waals surface area contributed by atoms with Gasteiger partial charge in [0.25, 0.3) is 0 Å². The number of nitrogens with zero attached hydrogens (tertiary/aromatic N) is 3. The monoisotopic (exact) mass is 259 g/mol. The Morgan fingerprint density at radius 3 is 2.39 bits per heavy atom. The second-order valence-corrected chi connectivity index (χ2v) is 3.97. The van der Waals surface area contributed by atoms with Crippen molar-refractivity contribution in [2.45, 2.75) is 19.2 Å². The number of aliphatic hydroxyl groups excluding tert-OH is 1. The molecule has 1 aromatic heterocycles. The molecule has 0 aromatic carbocycles. The summed E-state index contributed by atoms with van der Waals surface area (Å²) in [6, 6.07) is 0. The van der Waals surface area contributed by atoms with Crippen molar-refractivity contribution in [3.8, 4) is 0 Å². The van der Waals surface area contributed by atoms with Crippen LogP contribution in [0.3, 0.4) is 0 Å². The number of hydrogen-bond acceptors (Lipinski definition) is 4. The van der Waals surface area contributed by atoms with E-state index in [0.29, 0.717) is 11.5 Å². The normalized spacial score (nSPS) is 16.7. The molecule has 0 fully saturated rings. The van der Waals surface area contributed by atoms with Gasteiger partial charge < -0.3 is 10.0 Å². The number of hydrogen-bond donors (Lipinski definition) is 1. The molecular formula is C11H12F3N3O. The second kappa shape index (κ2) is 4.93. The van der Waals surface area contributed by atoms with E-state index in [1.165, 1.54) is 12.4 Å². The van der Waals surface area contributed by atoms with Gasteiger partial charge in [0.2, 0.25) is 5.95 Å². The minimum atomic E-state index is -4.24. The topological polar surface area (TPSA) is 49.3 Å². The fourth-order valence-corrected chi connectivity index (χ4v) is 1.70. The van der Waals surface area contributed by atoms with Crippen molar-refractivity contribution in [2.75, 3.05) is 18.0 Å². The summed E-state index contributed by atoms with van der Waals surface area (Å²) >= 11 is 0. The van der Waals surface area contributed by atoms with Gasteiger partial charge in [-0.15, -0.1) is 0 Å². The van der Waals surface area contributed by atoms with Crippen LogP contribution in [0, 0.1) is 0 Å². The number of rotatable bonds is 2. The van der Waals surface area contributed by atoms with Gasteiger partial charge in [0.05, 0.1) is 6.61 Å². The molecule has 1 aliphatic heterocycles. The van der Waals surface area contributed by atoms with E-state index in [2.05, 4.69) is 9.97 Å². The first-order valence-corrected chi connectivity index (χ1v) is 5.43. The average molecular weight is 259 g/mol. The van der Waals surface area contributed by atoms with Crippen LogP contribution in [-0.2, 0) is 6.61 Å². The SMILES string of the molecule is OCc1cnc(N2CC=C(C(F)(F)F)CC2)nc1. The molecule has 0 saturated heterocycles. The molecule has 18 heavy (non-hydrogen) atoms. The molecule has 0 radical (unpaired) electrons. The number of aliphatic hydroxyl groups is 1. The lowest BCUT2D eigenvalue weighted by Gasteiger charge is -2.27. The summed E-state index contributed by atoms with van der Waals surface area (Å²) in [5, 5.41) is 8.83. The predicted octanol–water partition coefficient (Wildman–Crippen LogP) is 1.67. The smallest absolute Gasteiger partial charge is 0.392 e. The summed E-state index contributed by atoms with van der Waals surface area (Å²) in [6.45, 7) is 0.232. The first-order valence-electron chi connectivity index (χ1n) is 5.43. The van der Waals surface area contributed by atoms with E-state index < -0.39 is 11.7 Å². The maximum absolute atomic E-state index is 12.4. The molecule has 2 rings (SSSR count). The minimum Gasteiger partial charge on any atom is -0.392 e. The van der Waals surface area contributed by atoms with Gasteiger partial charge in [-0.1, -0.05) is 6.08 Å². The van der Waals surface area contributed by atoms with Gasteiger partial charge in [0.15, 0.2) is 0 Å². The Hall–Kier alpha value is -1.63. The molecule has 0 spiro atoms. The highest BCUT2D eigenvalue weighted by molar-refractivity contribution is 5.35. The molecule has 1 aromatic rings. The third-order valence-corrected chi connectivity index (χ3v) is 2.73. The van der Waals surface area contributed by atoms with Crippen LogP contribution < -0.4 is 4.90 Å². The summed E-state index contributed by atoms with van der Waals surface area (Å²) in [5.41, 5.74) is 0.0769. The van der Waals surface area contributed by atoms with Gasteiger partial charge in [-0.25, -0.2) is 9.97 Å². The zero-order chi connectivity index (χ0) is 13.2. The van der Waals surface area contributed by atoms with Crippen molar-refractivity contribution in [2.24, 2.45) is 0 Å². The van der Waals surface area contributed by atoms with E-state index in [4.69, 9.17) is 5.11 Å². The molecule has 1 aliphatic rings. The predicted molar refractivity (Wildman–Crippen MR) is 58.9 cm³/mol. The third-order valence-electron chi connectivity index (χ3n) is 2.73. The van der Waals surface area contributed by atoms with Gasteiger partial charge in [-0.3, -0.25) is 0 Å². The molecule has 0 unspecified atom stereocenters. The number of aromatic nitrogens is 2. The highest BCUT2D eigenvalue weighted by atomic mass is 19.4. The second-order valence-electron chi connectivity index (χ2n) is 3.97. The largest absolute Gasteiger partial charge is 0.412 e. The van der Waals surface area contributed by atoms with Gasteiger partial charge in [-0.05, 0) is 6.42 Å². The summed E-state index contributed by atoms with van der Waals surface area (Å²) in [7, 11) is 0. The summed E-state index contributed by atoms with van der Waals surface area (Å²) < 4.78 is 37.3. The van der Waals surface area contributed by atoms with E-state index in [9.17, 15) is 13.2 Å². The Bertz CT molecular complexity index is 442. The Kier molecular flexibility index (Phi) is 3.51. The molecule has 2 heterocycles. The van der Waals surface area contributed by atoms with E-state index >= 15 is 0 Å². The average Bonchev–Trinajstić information content (AvgIpc) is 2.38. The van der Waals surface area contributed by atoms with Gasteiger partial charge in [0.1, 0.15) is 0 Å². The summed E-state index contributed by atoms with van der Waals surface area (Å²) in [4.78, 5) is 9.67. The summed E-state index contributed by atoms with van der Waals surface area (Å²) in [6.07, 6.45) is -0.217. The Labute approximate surface area is 102 Å². The van der Waals surface area contributed by atoms with Crippen molar-refractivity contribution < 1.29 is 18.3 Å².